The van der Waals surface area contributed by atoms with Crippen molar-refractivity contribution >= 4 is 29.5 Å². The summed E-state index contributed by atoms with van der Waals surface area (Å²) >= 11 is 11.4. The smallest absolute Gasteiger partial charge is 0.155 e. The average Bonchev–Trinajstić information content (AvgIpc) is 2.11. The van der Waals surface area contributed by atoms with Gasteiger partial charge in [-0.15, -0.1) is 10.2 Å². The molecule has 1 heterocycles. The number of aromatic nitrogens is 2. The van der Waals surface area contributed by atoms with Gasteiger partial charge in [0, 0.05) is 6.42 Å². The number of aryl methyl sites for hydroxylation is 1. The monoisotopic (exact) mass is 218 g/mol. The van der Waals surface area contributed by atoms with Crippen LogP contribution in [0.1, 0.15) is 18.4 Å². The lowest BCUT2D eigenvalue weighted by Crippen LogP contribution is -1.93. The van der Waals surface area contributed by atoms with Crippen molar-refractivity contribution in [2.45, 2.75) is 19.3 Å². The first-order valence-electron chi connectivity index (χ1n) is 3.85. The van der Waals surface area contributed by atoms with E-state index in [1.165, 1.54) is 0 Å². The quantitative estimate of drug-likeness (QED) is 0.576. The summed E-state index contributed by atoms with van der Waals surface area (Å²) < 4.78 is 0. The van der Waals surface area contributed by atoms with Crippen LogP contribution in [-0.4, -0.2) is 16.5 Å². The Kier molecular flexibility index (Phi) is 4.12. The molecule has 0 radical (unpaired) electrons. The van der Waals surface area contributed by atoms with Crippen LogP contribution in [0.15, 0.2) is 6.07 Å². The molecule has 0 saturated carbocycles. The van der Waals surface area contributed by atoms with Crippen molar-refractivity contribution in [2.75, 3.05) is 0 Å². The summed E-state index contributed by atoms with van der Waals surface area (Å²) in [5.74, 6) is 0. The van der Waals surface area contributed by atoms with Crippen molar-refractivity contribution in [1.82, 2.24) is 10.2 Å². The Labute approximate surface area is 86.1 Å². The topological polar surface area (TPSA) is 42.9 Å². The summed E-state index contributed by atoms with van der Waals surface area (Å²) in [5, 5.41) is 7.92. The number of rotatable bonds is 4. The predicted octanol–water partition coefficient (Wildman–Crippen LogP) is 2.31. The minimum absolute atomic E-state index is 0.325. The molecule has 0 aliphatic carbocycles. The first kappa shape index (κ1) is 10.4. The van der Waals surface area contributed by atoms with Gasteiger partial charge in [-0.1, -0.05) is 23.2 Å². The summed E-state index contributed by atoms with van der Waals surface area (Å²) in [6, 6.07) is 1.67. The van der Waals surface area contributed by atoms with Gasteiger partial charge >= 0.3 is 0 Å². The van der Waals surface area contributed by atoms with E-state index in [1.807, 2.05) is 0 Å². The molecule has 0 fully saturated rings. The Morgan fingerprint density at radius 2 is 2.15 bits per heavy atom. The Morgan fingerprint density at radius 3 is 2.85 bits per heavy atom. The van der Waals surface area contributed by atoms with Crippen LogP contribution in [0, 0.1) is 0 Å². The van der Waals surface area contributed by atoms with Crippen LogP contribution in [0.4, 0.5) is 0 Å². The highest BCUT2D eigenvalue weighted by Gasteiger charge is 2.03. The van der Waals surface area contributed by atoms with Gasteiger partial charge in [-0.3, -0.25) is 0 Å². The number of nitrogens with zero attached hydrogens (tertiary/aromatic N) is 2. The first-order chi connectivity index (χ1) is 6.24. The minimum atomic E-state index is 0.325. The van der Waals surface area contributed by atoms with Crippen LogP contribution in [0.5, 0.6) is 0 Å². The fraction of sp³-hybridized carbons (Fsp3) is 0.375. The van der Waals surface area contributed by atoms with Gasteiger partial charge in [0.05, 0.1) is 0 Å². The number of hydrogen-bond acceptors (Lipinski definition) is 3. The van der Waals surface area contributed by atoms with Crippen molar-refractivity contribution in [3.63, 3.8) is 0 Å². The van der Waals surface area contributed by atoms with Crippen molar-refractivity contribution < 1.29 is 4.79 Å². The third-order valence-corrected chi connectivity index (χ3v) is 2.06. The zero-order valence-corrected chi connectivity index (χ0v) is 8.35. The third-order valence-electron chi connectivity index (χ3n) is 1.56. The summed E-state index contributed by atoms with van der Waals surface area (Å²) in [5.41, 5.74) is 0.837. The number of hydrogen-bond donors (Lipinski definition) is 0. The van der Waals surface area contributed by atoms with Crippen LogP contribution in [0.25, 0.3) is 0 Å². The molecular formula is C8H8Cl2N2O. The molecule has 0 N–H and O–H groups in total. The summed E-state index contributed by atoms with van der Waals surface area (Å²) in [4.78, 5) is 10.1. The van der Waals surface area contributed by atoms with Gasteiger partial charge in [-0.05, 0) is 24.5 Å². The molecule has 1 rings (SSSR count). The fourth-order valence-corrected chi connectivity index (χ4v) is 1.30. The number of carbonyl (C=O) groups excluding carboxylic acids is 1. The maximum Gasteiger partial charge on any atom is 0.155 e. The molecule has 0 amide bonds. The van der Waals surface area contributed by atoms with Crippen molar-refractivity contribution in [3.8, 4) is 0 Å². The molecule has 0 atom stereocenters. The molecule has 5 heteroatoms. The molecular weight excluding hydrogens is 211 g/mol. The van der Waals surface area contributed by atoms with Crippen LogP contribution in [0.2, 0.25) is 10.3 Å². The lowest BCUT2D eigenvalue weighted by molar-refractivity contribution is -0.107. The molecule has 3 nitrogen and oxygen atoms in total. The number of halogens is 2. The van der Waals surface area contributed by atoms with E-state index < -0.39 is 0 Å². The maximum atomic E-state index is 10.1. The molecule has 13 heavy (non-hydrogen) atoms. The van der Waals surface area contributed by atoms with Gasteiger partial charge in [0.15, 0.2) is 10.3 Å². The summed E-state index contributed by atoms with van der Waals surface area (Å²) in [6.07, 6.45) is 2.86. The van der Waals surface area contributed by atoms with Gasteiger partial charge in [0.2, 0.25) is 0 Å². The Bertz CT molecular complexity index is 304. The molecule has 70 valence electrons. The number of unbranched alkanes of at least 4 members (excludes halogenated alkanes) is 1. The molecule has 0 saturated heterocycles. The maximum absolute atomic E-state index is 10.1. The second-order valence-corrected chi connectivity index (χ2v) is 3.29. The molecule has 0 aliphatic heterocycles. The molecule has 0 bridgehead atoms. The van der Waals surface area contributed by atoms with Crippen LogP contribution in [0.3, 0.4) is 0 Å². The lowest BCUT2D eigenvalue weighted by atomic mass is 10.1. The highest BCUT2D eigenvalue weighted by atomic mass is 35.5. The molecule has 0 spiro atoms. The highest BCUT2D eigenvalue weighted by molar-refractivity contribution is 6.31. The Hall–Kier alpha value is -0.670. The van der Waals surface area contributed by atoms with E-state index in [9.17, 15) is 4.79 Å². The average molecular weight is 219 g/mol. The molecule has 0 aliphatic rings. The van der Waals surface area contributed by atoms with Gasteiger partial charge in [0.1, 0.15) is 6.29 Å². The van der Waals surface area contributed by atoms with Gasteiger partial charge in [-0.2, -0.15) is 0 Å². The Balaban J connectivity index is 2.64. The Morgan fingerprint density at radius 1 is 1.38 bits per heavy atom. The van der Waals surface area contributed by atoms with E-state index >= 15 is 0 Å². The molecule has 1 aromatic rings. The van der Waals surface area contributed by atoms with E-state index in [0.29, 0.717) is 23.1 Å². The third kappa shape index (κ3) is 3.28. The zero-order chi connectivity index (χ0) is 9.68. The van der Waals surface area contributed by atoms with Gasteiger partial charge in [0.25, 0.3) is 0 Å². The van der Waals surface area contributed by atoms with E-state index in [2.05, 4.69) is 10.2 Å². The SMILES string of the molecule is O=CCCCc1cc(Cl)nnc1Cl. The molecule has 1 aromatic heterocycles. The summed E-state index contributed by atoms with van der Waals surface area (Å²) in [6.45, 7) is 0. The van der Waals surface area contributed by atoms with E-state index in [1.54, 1.807) is 6.07 Å². The first-order valence-corrected chi connectivity index (χ1v) is 4.61. The van der Waals surface area contributed by atoms with Crippen molar-refractivity contribution in [3.05, 3.63) is 21.9 Å². The van der Waals surface area contributed by atoms with E-state index in [4.69, 9.17) is 23.2 Å². The second kappa shape index (κ2) is 5.14. The number of carbonyl (C=O) groups is 1. The van der Waals surface area contributed by atoms with Crippen LogP contribution >= 0.6 is 23.2 Å². The van der Waals surface area contributed by atoms with Crippen molar-refractivity contribution in [2.24, 2.45) is 0 Å². The minimum Gasteiger partial charge on any atom is -0.303 e. The predicted molar refractivity (Wildman–Crippen MR) is 51.1 cm³/mol. The molecule has 0 aromatic carbocycles. The van der Waals surface area contributed by atoms with Gasteiger partial charge < -0.3 is 4.79 Å². The standard InChI is InChI=1S/C8H8Cl2N2O/c9-7-5-6(3-1-2-4-13)8(10)12-11-7/h4-5H,1-3H2. The summed E-state index contributed by atoms with van der Waals surface area (Å²) in [7, 11) is 0. The largest absolute Gasteiger partial charge is 0.303 e. The van der Waals surface area contributed by atoms with E-state index in [0.717, 1.165) is 18.3 Å². The molecule has 0 unspecified atom stereocenters. The van der Waals surface area contributed by atoms with Crippen LogP contribution in [-0.2, 0) is 11.2 Å². The highest BCUT2D eigenvalue weighted by Crippen LogP contribution is 2.17. The zero-order valence-electron chi connectivity index (χ0n) is 6.83. The second-order valence-electron chi connectivity index (χ2n) is 2.54. The van der Waals surface area contributed by atoms with Crippen LogP contribution < -0.4 is 0 Å². The number of aldehydes is 1. The lowest BCUT2D eigenvalue weighted by Gasteiger charge is -2.00. The van der Waals surface area contributed by atoms with E-state index in [-0.39, 0.29) is 0 Å². The van der Waals surface area contributed by atoms with Gasteiger partial charge in [-0.25, -0.2) is 0 Å². The van der Waals surface area contributed by atoms with Crippen molar-refractivity contribution in [1.29, 1.82) is 0 Å². The fourth-order valence-electron chi connectivity index (χ4n) is 0.939. The normalized spacial score (nSPS) is 10.0.